The first-order valence-electron chi connectivity index (χ1n) is 5.55. The fourth-order valence-electron chi connectivity index (χ4n) is 2.12. The molecule has 0 saturated carbocycles. The number of fused-ring (bicyclic) bond motifs is 1. The Morgan fingerprint density at radius 2 is 2.28 bits per heavy atom. The lowest BCUT2D eigenvalue weighted by atomic mass is 10.3. The zero-order valence-electron chi connectivity index (χ0n) is 10.2. The van der Waals surface area contributed by atoms with Gasteiger partial charge in [-0.05, 0) is 25.1 Å². The van der Waals surface area contributed by atoms with Gasteiger partial charge in [0.1, 0.15) is 11.6 Å². The molecule has 0 aliphatic heterocycles. The van der Waals surface area contributed by atoms with Gasteiger partial charge < -0.3 is 4.57 Å². The van der Waals surface area contributed by atoms with Crippen molar-refractivity contribution in [2.24, 2.45) is 0 Å². The van der Waals surface area contributed by atoms with Gasteiger partial charge in [0.2, 0.25) is 0 Å². The quantitative estimate of drug-likeness (QED) is 0.811. The fraction of sp³-hybridized carbons (Fsp3) is 0.417. The van der Waals surface area contributed by atoms with Gasteiger partial charge in [-0.2, -0.15) is 0 Å². The topological polar surface area (TPSA) is 34.9 Å². The van der Waals surface area contributed by atoms with E-state index in [1.165, 1.54) is 12.1 Å². The lowest BCUT2D eigenvalue weighted by Gasteiger charge is -2.15. The summed E-state index contributed by atoms with van der Waals surface area (Å²) in [6.45, 7) is 1.93. The molecule has 1 aromatic carbocycles. The summed E-state index contributed by atoms with van der Waals surface area (Å²) < 4.78 is 26.5. The van der Waals surface area contributed by atoms with Crippen LogP contribution in [0.2, 0.25) is 0 Å². The van der Waals surface area contributed by atoms with Crippen molar-refractivity contribution >= 4 is 33.4 Å². The van der Waals surface area contributed by atoms with E-state index in [0.29, 0.717) is 22.6 Å². The van der Waals surface area contributed by atoms with Crippen molar-refractivity contribution < 1.29 is 8.60 Å². The molecule has 1 heterocycles. The molecule has 0 saturated heterocycles. The predicted octanol–water partition coefficient (Wildman–Crippen LogP) is 2.85. The second-order valence-electron chi connectivity index (χ2n) is 4.25. The molecule has 2 atom stereocenters. The van der Waals surface area contributed by atoms with Crippen molar-refractivity contribution in [2.75, 3.05) is 12.0 Å². The molecule has 2 unspecified atom stereocenters. The van der Waals surface area contributed by atoms with Crippen LogP contribution in [0.1, 0.15) is 18.8 Å². The molecule has 1 aromatic heterocycles. The number of nitrogens with zero attached hydrogens (tertiary/aromatic N) is 2. The summed E-state index contributed by atoms with van der Waals surface area (Å²) in [7, 11) is -0.924. The molecule has 98 valence electrons. The fourth-order valence-corrected chi connectivity index (χ4v) is 3.13. The summed E-state index contributed by atoms with van der Waals surface area (Å²) in [4.78, 5) is 4.37. The Labute approximate surface area is 112 Å². The number of aromatic nitrogens is 2. The molecule has 0 bridgehead atoms. The van der Waals surface area contributed by atoms with Crippen LogP contribution >= 0.6 is 11.6 Å². The number of hydrogen-bond acceptors (Lipinski definition) is 2. The highest BCUT2D eigenvalue weighted by Crippen LogP contribution is 2.23. The van der Waals surface area contributed by atoms with E-state index in [2.05, 4.69) is 4.98 Å². The van der Waals surface area contributed by atoms with Crippen LogP contribution in [0.4, 0.5) is 4.39 Å². The van der Waals surface area contributed by atoms with Crippen LogP contribution in [0.3, 0.4) is 0 Å². The number of alkyl halides is 1. The molecule has 0 aliphatic rings. The maximum atomic E-state index is 13.3. The van der Waals surface area contributed by atoms with Crippen molar-refractivity contribution in [1.29, 1.82) is 0 Å². The highest BCUT2D eigenvalue weighted by atomic mass is 35.5. The summed E-state index contributed by atoms with van der Waals surface area (Å²) in [5.74, 6) is 1.10. The van der Waals surface area contributed by atoms with E-state index in [-0.39, 0.29) is 17.7 Å². The van der Waals surface area contributed by atoms with E-state index < -0.39 is 10.8 Å². The lowest BCUT2D eigenvalue weighted by molar-refractivity contribution is 0.590. The van der Waals surface area contributed by atoms with Gasteiger partial charge >= 0.3 is 0 Å². The van der Waals surface area contributed by atoms with Gasteiger partial charge in [0.25, 0.3) is 0 Å². The second-order valence-corrected chi connectivity index (χ2v) is 6.00. The molecule has 0 radical (unpaired) electrons. The molecular formula is C12H14ClFN2OS. The summed E-state index contributed by atoms with van der Waals surface area (Å²) in [5.41, 5.74) is 1.41. The normalized spacial score (nSPS) is 14.9. The van der Waals surface area contributed by atoms with Crippen LogP contribution in [0.15, 0.2) is 18.2 Å². The zero-order valence-corrected chi connectivity index (χ0v) is 11.8. The van der Waals surface area contributed by atoms with Gasteiger partial charge in [-0.3, -0.25) is 4.21 Å². The maximum absolute atomic E-state index is 13.3. The molecule has 6 heteroatoms. The Hall–Kier alpha value is -0.940. The summed E-state index contributed by atoms with van der Waals surface area (Å²) >= 11 is 5.87. The highest BCUT2D eigenvalue weighted by Gasteiger charge is 2.16. The van der Waals surface area contributed by atoms with Gasteiger partial charge in [0, 0.05) is 28.9 Å². The minimum Gasteiger partial charge on any atom is -0.323 e. The first-order chi connectivity index (χ1) is 8.52. The van der Waals surface area contributed by atoms with Crippen LogP contribution < -0.4 is 0 Å². The van der Waals surface area contributed by atoms with Crippen molar-refractivity contribution in [3.05, 3.63) is 29.8 Å². The average molecular weight is 289 g/mol. The van der Waals surface area contributed by atoms with Crippen molar-refractivity contribution in [1.82, 2.24) is 9.55 Å². The van der Waals surface area contributed by atoms with E-state index in [4.69, 9.17) is 11.6 Å². The van der Waals surface area contributed by atoms with Gasteiger partial charge in [0.15, 0.2) is 0 Å². The molecule has 18 heavy (non-hydrogen) atoms. The minimum atomic E-state index is -0.924. The van der Waals surface area contributed by atoms with Crippen LogP contribution in [-0.4, -0.2) is 25.8 Å². The van der Waals surface area contributed by atoms with Crippen molar-refractivity contribution in [2.45, 2.75) is 18.8 Å². The molecular weight excluding hydrogens is 275 g/mol. The molecule has 3 nitrogen and oxygen atoms in total. The Bertz CT molecular complexity index is 599. The molecule has 0 fully saturated rings. The van der Waals surface area contributed by atoms with Crippen LogP contribution in [0.25, 0.3) is 11.0 Å². The Kier molecular flexibility index (Phi) is 4.02. The van der Waals surface area contributed by atoms with E-state index in [1.54, 1.807) is 12.3 Å². The monoisotopic (exact) mass is 288 g/mol. The summed E-state index contributed by atoms with van der Waals surface area (Å²) in [5, 5.41) is 0. The smallest absolute Gasteiger partial charge is 0.125 e. The third-order valence-corrected chi connectivity index (χ3v) is 3.95. The number of rotatable bonds is 4. The summed E-state index contributed by atoms with van der Waals surface area (Å²) in [6, 6.07) is 4.41. The van der Waals surface area contributed by atoms with Crippen LogP contribution in [0.5, 0.6) is 0 Å². The van der Waals surface area contributed by atoms with E-state index in [9.17, 15) is 8.60 Å². The van der Waals surface area contributed by atoms with Gasteiger partial charge in [-0.15, -0.1) is 11.6 Å². The largest absolute Gasteiger partial charge is 0.323 e. The van der Waals surface area contributed by atoms with E-state index in [1.807, 2.05) is 11.5 Å². The van der Waals surface area contributed by atoms with E-state index in [0.717, 1.165) is 0 Å². The Morgan fingerprint density at radius 1 is 1.56 bits per heavy atom. The average Bonchev–Trinajstić information content (AvgIpc) is 2.65. The summed E-state index contributed by atoms with van der Waals surface area (Å²) in [6.07, 6.45) is 1.65. The molecule has 0 N–H and O–H groups in total. The minimum absolute atomic E-state index is 0.0311. The number of hydrogen-bond donors (Lipinski definition) is 0. The number of benzene rings is 1. The maximum Gasteiger partial charge on any atom is 0.125 e. The van der Waals surface area contributed by atoms with Crippen LogP contribution in [-0.2, 0) is 16.7 Å². The molecule has 0 aliphatic carbocycles. The second kappa shape index (κ2) is 5.36. The standard InChI is InChI=1S/C12H14ClFN2OS/c1-8(7-18(2)17)16-11-5-9(14)3-4-10(11)15-12(16)6-13/h3-5,8H,6-7H2,1-2H3. The van der Waals surface area contributed by atoms with Crippen molar-refractivity contribution in [3.63, 3.8) is 0 Å². The number of imidazole rings is 1. The Morgan fingerprint density at radius 3 is 2.89 bits per heavy atom. The van der Waals surface area contributed by atoms with Gasteiger partial charge in [0.05, 0.1) is 16.9 Å². The van der Waals surface area contributed by atoms with Gasteiger partial charge in [-0.25, -0.2) is 9.37 Å². The number of halogens is 2. The van der Waals surface area contributed by atoms with Crippen molar-refractivity contribution in [3.8, 4) is 0 Å². The predicted molar refractivity (Wildman–Crippen MR) is 72.9 cm³/mol. The van der Waals surface area contributed by atoms with Gasteiger partial charge in [-0.1, -0.05) is 0 Å². The first kappa shape index (κ1) is 13.5. The lowest BCUT2D eigenvalue weighted by Crippen LogP contribution is -2.15. The third kappa shape index (κ3) is 2.57. The Balaban J connectivity index is 2.58. The molecule has 2 aromatic rings. The van der Waals surface area contributed by atoms with E-state index >= 15 is 0 Å². The third-order valence-electron chi connectivity index (χ3n) is 2.76. The molecule has 0 spiro atoms. The molecule has 0 amide bonds. The highest BCUT2D eigenvalue weighted by molar-refractivity contribution is 7.84. The van der Waals surface area contributed by atoms with Crippen LogP contribution in [0, 0.1) is 5.82 Å². The molecule has 2 rings (SSSR count). The zero-order chi connectivity index (χ0) is 13.3. The SMILES string of the molecule is CC(CS(C)=O)n1c(CCl)nc2ccc(F)cc21. The first-order valence-corrected chi connectivity index (χ1v) is 7.81.